The van der Waals surface area contributed by atoms with Gasteiger partial charge in [0.15, 0.2) is 0 Å². The van der Waals surface area contributed by atoms with Crippen molar-refractivity contribution in [1.29, 1.82) is 0 Å². The van der Waals surface area contributed by atoms with Crippen LogP contribution in [0.5, 0.6) is 0 Å². The van der Waals surface area contributed by atoms with Gasteiger partial charge in [-0.15, -0.1) is 0 Å². The molecule has 2 N–H and O–H groups in total. The van der Waals surface area contributed by atoms with Crippen LogP contribution >= 0.6 is 0 Å². The van der Waals surface area contributed by atoms with Gasteiger partial charge in [0.05, 0.1) is 13.0 Å². The largest absolute Gasteiger partial charge is 0.493 e. The van der Waals surface area contributed by atoms with E-state index in [9.17, 15) is 9.59 Å². The first-order valence-corrected chi connectivity index (χ1v) is 10.0. The minimum atomic E-state index is -0.486. The Kier molecular flexibility index (Phi) is 8.51. The van der Waals surface area contributed by atoms with E-state index in [-0.39, 0.29) is 31.3 Å². The quantitative estimate of drug-likeness (QED) is 0.490. The van der Waals surface area contributed by atoms with Gasteiger partial charge in [-0.3, -0.25) is 9.59 Å². The summed E-state index contributed by atoms with van der Waals surface area (Å²) in [4.78, 5) is 22.3. The van der Waals surface area contributed by atoms with E-state index in [1.54, 1.807) is 0 Å². The molecule has 154 valence electrons. The predicted octanol–water partition coefficient (Wildman–Crippen LogP) is 2.22. The lowest BCUT2D eigenvalue weighted by molar-refractivity contribution is -0.146. The van der Waals surface area contributed by atoms with E-state index in [4.69, 9.17) is 19.8 Å². The molecule has 1 aromatic carbocycles. The van der Waals surface area contributed by atoms with Crippen molar-refractivity contribution in [2.75, 3.05) is 19.8 Å². The zero-order chi connectivity index (χ0) is 20.6. The Balaban J connectivity index is 1.75. The highest BCUT2D eigenvalue weighted by Crippen LogP contribution is 2.21. The Morgan fingerprint density at radius 1 is 1.18 bits per heavy atom. The molecule has 7 heteroatoms. The van der Waals surface area contributed by atoms with Crippen molar-refractivity contribution in [3.63, 3.8) is 0 Å². The third kappa shape index (κ3) is 7.64. The summed E-state index contributed by atoms with van der Waals surface area (Å²) in [6.45, 7) is 8.11. The van der Waals surface area contributed by atoms with Crippen LogP contribution in [0.2, 0.25) is 0 Å². The number of primary amides is 1. The minimum absolute atomic E-state index is 0.0356. The average molecular weight is 389 g/mol. The monoisotopic (exact) mass is 389 g/mol. The van der Waals surface area contributed by atoms with Crippen molar-refractivity contribution >= 4 is 24.5 Å². The van der Waals surface area contributed by atoms with Crippen molar-refractivity contribution in [3.05, 3.63) is 29.8 Å². The number of carbonyl (C=O) groups is 2. The van der Waals surface area contributed by atoms with E-state index in [0.29, 0.717) is 25.7 Å². The summed E-state index contributed by atoms with van der Waals surface area (Å²) in [5, 5.41) is 0. The molecule has 1 atom stereocenters. The van der Waals surface area contributed by atoms with Crippen molar-refractivity contribution in [2.24, 2.45) is 17.1 Å². The zero-order valence-electron chi connectivity index (χ0n) is 17.2. The van der Waals surface area contributed by atoms with Crippen molar-refractivity contribution in [2.45, 2.75) is 52.9 Å². The first kappa shape index (κ1) is 22.4. The molecule has 0 spiro atoms. The third-order valence-corrected chi connectivity index (χ3v) is 4.98. The highest BCUT2D eigenvalue weighted by molar-refractivity contribution is 6.61. The second kappa shape index (κ2) is 10.6. The molecule has 0 radical (unpaired) electrons. The molecule has 6 nitrogen and oxygen atoms in total. The summed E-state index contributed by atoms with van der Waals surface area (Å²) >= 11 is 0. The lowest BCUT2D eigenvalue weighted by Crippen LogP contribution is -2.47. The molecular weight excluding hydrogens is 357 g/mol. The van der Waals surface area contributed by atoms with Gasteiger partial charge in [-0.1, -0.05) is 51.5 Å². The lowest BCUT2D eigenvalue weighted by atomic mass is 9.75. The molecule has 0 aliphatic carbocycles. The summed E-state index contributed by atoms with van der Waals surface area (Å²) in [6, 6.07) is 8.33. The smallest absolute Gasteiger partial charge is 0.465 e. The number of rotatable bonds is 10. The first-order chi connectivity index (χ1) is 13.3. The van der Waals surface area contributed by atoms with Gasteiger partial charge in [0.2, 0.25) is 5.91 Å². The molecule has 2 rings (SSSR count). The SMILES string of the molecule is CCC(CCc1ccc(B2OCC(C)(C)CO2)cc1)COC(=O)CCC(N)=O. The van der Waals surface area contributed by atoms with Crippen LogP contribution in [0, 0.1) is 11.3 Å². The van der Waals surface area contributed by atoms with E-state index in [0.717, 1.165) is 24.7 Å². The van der Waals surface area contributed by atoms with E-state index < -0.39 is 5.91 Å². The highest BCUT2D eigenvalue weighted by atomic mass is 16.6. The standard InChI is InChI=1S/C21H32BNO5/c1-4-16(13-26-20(25)12-11-19(23)24)5-6-17-7-9-18(10-8-17)22-27-14-21(2,3)15-28-22/h7-10,16H,4-6,11-15H2,1-3H3,(H2,23,24). The maximum Gasteiger partial charge on any atom is 0.493 e. The third-order valence-electron chi connectivity index (χ3n) is 4.98. The molecule has 1 aromatic rings. The van der Waals surface area contributed by atoms with Crippen LogP contribution in [-0.4, -0.2) is 38.8 Å². The predicted molar refractivity (Wildman–Crippen MR) is 109 cm³/mol. The van der Waals surface area contributed by atoms with Gasteiger partial charge in [-0.25, -0.2) is 0 Å². The van der Waals surface area contributed by atoms with Gasteiger partial charge in [0, 0.05) is 25.0 Å². The van der Waals surface area contributed by atoms with Gasteiger partial charge >= 0.3 is 13.1 Å². The average Bonchev–Trinajstić information content (AvgIpc) is 2.67. The summed E-state index contributed by atoms with van der Waals surface area (Å²) in [6.07, 6.45) is 2.87. The Morgan fingerprint density at radius 3 is 2.39 bits per heavy atom. The Labute approximate surface area is 168 Å². The Morgan fingerprint density at radius 2 is 1.82 bits per heavy atom. The molecule has 1 fully saturated rings. The van der Waals surface area contributed by atoms with Gasteiger partial charge in [-0.05, 0) is 29.8 Å². The highest BCUT2D eigenvalue weighted by Gasteiger charge is 2.33. The maximum absolute atomic E-state index is 11.6. The topological polar surface area (TPSA) is 87.8 Å². The molecule has 0 saturated carbocycles. The van der Waals surface area contributed by atoms with E-state index in [1.807, 2.05) is 0 Å². The van der Waals surface area contributed by atoms with Gasteiger partial charge < -0.3 is 19.8 Å². The number of esters is 1. The van der Waals surface area contributed by atoms with Crippen LogP contribution in [0.1, 0.15) is 52.0 Å². The number of aryl methyl sites for hydroxylation is 1. The van der Waals surface area contributed by atoms with E-state index >= 15 is 0 Å². The fraction of sp³-hybridized carbons (Fsp3) is 0.619. The van der Waals surface area contributed by atoms with Crippen molar-refractivity contribution in [1.82, 2.24) is 0 Å². The lowest BCUT2D eigenvalue weighted by Gasteiger charge is -2.33. The molecule has 1 amide bonds. The second-order valence-electron chi connectivity index (χ2n) is 8.32. The number of hydrogen-bond donors (Lipinski definition) is 1. The maximum atomic E-state index is 11.6. The number of amides is 1. The van der Waals surface area contributed by atoms with E-state index in [2.05, 4.69) is 45.0 Å². The number of carbonyl (C=O) groups excluding carboxylic acids is 2. The Bertz CT molecular complexity index is 637. The van der Waals surface area contributed by atoms with Gasteiger partial charge in [0.25, 0.3) is 0 Å². The van der Waals surface area contributed by atoms with Gasteiger partial charge in [0.1, 0.15) is 0 Å². The molecule has 1 aliphatic heterocycles. The number of ether oxygens (including phenoxy) is 1. The van der Waals surface area contributed by atoms with Crippen LogP contribution in [0.25, 0.3) is 0 Å². The molecule has 0 aromatic heterocycles. The van der Waals surface area contributed by atoms with Crippen LogP contribution < -0.4 is 11.2 Å². The fourth-order valence-electron chi connectivity index (χ4n) is 3.01. The zero-order valence-corrected chi connectivity index (χ0v) is 17.2. The second-order valence-corrected chi connectivity index (χ2v) is 8.32. The van der Waals surface area contributed by atoms with E-state index in [1.165, 1.54) is 5.56 Å². The first-order valence-electron chi connectivity index (χ1n) is 10.0. The van der Waals surface area contributed by atoms with Crippen LogP contribution in [0.15, 0.2) is 24.3 Å². The van der Waals surface area contributed by atoms with Crippen molar-refractivity contribution in [3.8, 4) is 0 Å². The minimum Gasteiger partial charge on any atom is -0.465 e. The molecule has 1 saturated heterocycles. The molecule has 0 bridgehead atoms. The number of nitrogens with two attached hydrogens (primary N) is 1. The summed E-state index contributed by atoms with van der Waals surface area (Å²) in [5.41, 5.74) is 7.38. The van der Waals surface area contributed by atoms with Gasteiger partial charge in [-0.2, -0.15) is 0 Å². The van der Waals surface area contributed by atoms with Crippen LogP contribution in [0.4, 0.5) is 0 Å². The molecule has 1 heterocycles. The van der Waals surface area contributed by atoms with Crippen molar-refractivity contribution < 1.29 is 23.6 Å². The van der Waals surface area contributed by atoms with Crippen LogP contribution in [-0.2, 0) is 30.1 Å². The fourth-order valence-corrected chi connectivity index (χ4v) is 3.01. The van der Waals surface area contributed by atoms with Crippen LogP contribution in [0.3, 0.4) is 0 Å². The molecular formula is C21H32BNO5. The summed E-state index contributed by atoms with van der Waals surface area (Å²) < 4.78 is 16.9. The Hall–Kier alpha value is -1.86. The number of benzene rings is 1. The molecule has 1 aliphatic rings. The summed E-state index contributed by atoms with van der Waals surface area (Å²) in [7, 11) is -0.287. The number of hydrogen-bond acceptors (Lipinski definition) is 5. The summed E-state index contributed by atoms with van der Waals surface area (Å²) in [5.74, 6) is -0.554. The normalized spacial score (nSPS) is 17.2. The molecule has 1 unspecified atom stereocenters. The molecule has 28 heavy (non-hydrogen) atoms.